The molecule has 0 rings (SSSR count). The Morgan fingerprint density at radius 3 is 1.00 bits per heavy atom. The molecule has 0 N–H and O–H groups in total. The van der Waals surface area contributed by atoms with E-state index in [1.54, 1.807) is 0 Å². The molecule has 0 aromatic rings. The van der Waals surface area contributed by atoms with Gasteiger partial charge in [0.25, 0.3) is 0 Å². The molecule has 0 saturated heterocycles. The summed E-state index contributed by atoms with van der Waals surface area (Å²) in [5.41, 5.74) is 0. The SMILES string of the molecule is FC(F)F.[Rh]. The molecule has 0 atom stereocenters. The number of hydrogen-bond donors (Lipinski definition) is 0. The Labute approximate surface area is 40.1 Å². The molecule has 0 aliphatic heterocycles. The summed E-state index contributed by atoms with van der Waals surface area (Å²) in [5, 5.41) is 0. The summed E-state index contributed by atoms with van der Waals surface area (Å²) in [7, 11) is 0. The van der Waals surface area contributed by atoms with Crippen LogP contribution >= 0.6 is 0 Å². The van der Waals surface area contributed by atoms with E-state index in [4.69, 9.17) is 0 Å². The first-order valence-corrected chi connectivity index (χ1v) is 0.655. The average molecular weight is 173 g/mol. The zero-order valence-corrected chi connectivity index (χ0v) is 3.68. The molecule has 0 aromatic carbocycles. The van der Waals surface area contributed by atoms with Gasteiger partial charge in [-0.1, -0.05) is 0 Å². The predicted molar refractivity (Wildman–Crippen MR) is 7.11 cm³/mol. The minimum Gasteiger partial charge on any atom is -0.174 e. The first kappa shape index (κ1) is 9.05. The van der Waals surface area contributed by atoms with Crippen LogP contribution in [0.3, 0.4) is 0 Å². The molecule has 1 radical (unpaired) electrons. The molecule has 0 aliphatic carbocycles. The molecule has 0 amide bonds. The molecule has 0 fully saturated rings. The minimum absolute atomic E-state index is 0. The molecular weight excluding hydrogens is 172 g/mol. The number of halogens is 3. The van der Waals surface area contributed by atoms with Crippen LogP contribution in [0.15, 0.2) is 0 Å². The van der Waals surface area contributed by atoms with E-state index in [1.807, 2.05) is 0 Å². The molecule has 0 aliphatic rings. The molecule has 0 spiro atoms. The topological polar surface area (TPSA) is 0 Å². The van der Waals surface area contributed by atoms with Crippen molar-refractivity contribution in [3.63, 3.8) is 0 Å². The van der Waals surface area contributed by atoms with Crippen molar-refractivity contribution in [2.24, 2.45) is 0 Å². The van der Waals surface area contributed by atoms with Gasteiger partial charge in [-0.3, -0.25) is 0 Å². The van der Waals surface area contributed by atoms with Crippen molar-refractivity contribution in [3.8, 4) is 0 Å². The van der Waals surface area contributed by atoms with Crippen molar-refractivity contribution in [1.29, 1.82) is 0 Å². The molecule has 4 heteroatoms. The third-order valence-corrected chi connectivity index (χ3v) is 0. The largest absolute Gasteiger partial charge is 0.379 e. The Morgan fingerprint density at radius 1 is 1.00 bits per heavy atom. The van der Waals surface area contributed by atoms with E-state index in [1.165, 1.54) is 0 Å². The maximum atomic E-state index is 9.67. The van der Waals surface area contributed by atoms with E-state index in [9.17, 15) is 13.2 Å². The number of alkyl halides is 3. The van der Waals surface area contributed by atoms with Crippen molar-refractivity contribution in [2.75, 3.05) is 0 Å². The van der Waals surface area contributed by atoms with Gasteiger partial charge in [-0.15, -0.1) is 0 Å². The molecule has 0 saturated carbocycles. The fourth-order valence-electron chi connectivity index (χ4n) is 0. The molecule has 0 bridgehead atoms. The molecule has 0 aromatic heterocycles. The zero-order valence-electron chi connectivity index (χ0n) is 2.04. The van der Waals surface area contributed by atoms with Crippen molar-refractivity contribution < 1.29 is 32.6 Å². The maximum Gasteiger partial charge on any atom is 0.379 e. The third kappa shape index (κ3) is 150. The average Bonchev–Trinajstić information content (AvgIpc) is 0.811. The molecule has 5 heavy (non-hydrogen) atoms. The predicted octanol–water partition coefficient (Wildman–Crippen LogP) is 1.18. The number of rotatable bonds is 0. The Balaban J connectivity index is 0. The van der Waals surface area contributed by atoms with Gasteiger partial charge in [0.1, 0.15) is 0 Å². The van der Waals surface area contributed by atoms with E-state index in [0.29, 0.717) is 0 Å². The molecule has 0 unspecified atom stereocenters. The van der Waals surface area contributed by atoms with Gasteiger partial charge in [0.2, 0.25) is 0 Å². The Bertz CT molecular complexity index is 11.6. The second-order valence-electron chi connectivity index (χ2n) is 0.247. The first-order valence-electron chi connectivity index (χ1n) is 0.655. The Morgan fingerprint density at radius 2 is 1.00 bits per heavy atom. The standard InChI is InChI=1S/CHF3.Rh/c2-1(3)4;/h1H;. The summed E-state index contributed by atoms with van der Waals surface area (Å²) in [6.07, 6.45) is 0. The number of hydrogen-bond acceptors (Lipinski definition) is 0. The van der Waals surface area contributed by atoms with Gasteiger partial charge < -0.3 is 0 Å². The van der Waals surface area contributed by atoms with E-state index in [0.717, 1.165) is 0 Å². The maximum absolute atomic E-state index is 9.67. The van der Waals surface area contributed by atoms with Crippen LogP contribution in [0.1, 0.15) is 0 Å². The van der Waals surface area contributed by atoms with Crippen LogP contribution in [0.4, 0.5) is 13.2 Å². The van der Waals surface area contributed by atoms with Gasteiger partial charge in [-0.2, -0.15) is 13.2 Å². The fourth-order valence-corrected chi connectivity index (χ4v) is 0. The Hall–Kier alpha value is 0.413. The third-order valence-electron chi connectivity index (χ3n) is 0. The monoisotopic (exact) mass is 173 g/mol. The summed E-state index contributed by atoms with van der Waals surface area (Å²) in [6.45, 7) is -3.67. The van der Waals surface area contributed by atoms with Crippen LogP contribution in [0.2, 0.25) is 0 Å². The van der Waals surface area contributed by atoms with Gasteiger partial charge in [-0.25, -0.2) is 0 Å². The van der Waals surface area contributed by atoms with Crippen LogP contribution < -0.4 is 0 Å². The van der Waals surface area contributed by atoms with Gasteiger partial charge in [-0.05, 0) is 0 Å². The molecule has 35 valence electrons. The summed E-state index contributed by atoms with van der Waals surface area (Å²) in [6, 6.07) is 0. The molecular formula is CHF3Rh. The van der Waals surface area contributed by atoms with Gasteiger partial charge in [0.15, 0.2) is 0 Å². The fraction of sp³-hybridized carbons (Fsp3) is 1.00. The second-order valence-corrected chi connectivity index (χ2v) is 0.247. The quantitative estimate of drug-likeness (QED) is 0.482. The summed E-state index contributed by atoms with van der Waals surface area (Å²) in [5.74, 6) is 0. The van der Waals surface area contributed by atoms with Crippen molar-refractivity contribution >= 4 is 0 Å². The van der Waals surface area contributed by atoms with Crippen LogP contribution in [-0.2, 0) is 19.5 Å². The van der Waals surface area contributed by atoms with Gasteiger partial charge >= 0.3 is 6.68 Å². The van der Waals surface area contributed by atoms with E-state index in [-0.39, 0.29) is 19.5 Å². The van der Waals surface area contributed by atoms with Gasteiger partial charge in [0, 0.05) is 19.5 Å². The summed E-state index contributed by atoms with van der Waals surface area (Å²) < 4.78 is 29.0. The first-order chi connectivity index (χ1) is 1.73. The normalized spacial score (nSPS) is 7.20. The van der Waals surface area contributed by atoms with E-state index >= 15 is 0 Å². The molecule has 0 nitrogen and oxygen atoms in total. The summed E-state index contributed by atoms with van der Waals surface area (Å²) in [4.78, 5) is 0. The van der Waals surface area contributed by atoms with Crippen LogP contribution in [0, 0.1) is 0 Å². The second kappa shape index (κ2) is 4.41. The van der Waals surface area contributed by atoms with Crippen molar-refractivity contribution in [3.05, 3.63) is 0 Å². The van der Waals surface area contributed by atoms with Crippen molar-refractivity contribution in [1.82, 2.24) is 0 Å². The Kier molecular flexibility index (Phi) is 7.99. The van der Waals surface area contributed by atoms with Crippen LogP contribution in [-0.4, -0.2) is 6.68 Å². The van der Waals surface area contributed by atoms with Crippen LogP contribution in [0.5, 0.6) is 0 Å². The molecule has 0 heterocycles. The van der Waals surface area contributed by atoms with E-state index < -0.39 is 6.68 Å². The van der Waals surface area contributed by atoms with E-state index in [2.05, 4.69) is 0 Å². The van der Waals surface area contributed by atoms with Crippen LogP contribution in [0.25, 0.3) is 0 Å². The minimum atomic E-state index is -3.67. The van der Waals surface area contributed by atoms with Crippen molar-refractivity contribution in [2.45, 2.75) is 6.68 Å². The van der Waals surface area contributed by atoms with Gasteiger partial charge in [0.05, 0.1) is 0 Å². The summed E-state index contributed by atoms with van der Waals surface area (Å²) >= 11 is 0. The zero-order chi connectivity index (χ0) is 3.58. The smallest absolute Gasteiger partial charge is 0.174 e.